The van der Waals surface area contributed by atoms with Gasteiger partial charge in [-0.05, 0) is 55.2 Å². The molecule has 0 saturated heterocycles. The molecule has 0 bridgehead atoms. The second-order valence-electron chi connectivity index (χ2n) is 5.53. The summed E-state index contributed by atoms with van der Waals surface area (Å²) in [5, 5.41) is 4.19. The monoisotopic (exact) mass is 319 g/mol. The van der Waals surface area contributed by atoms with Gasteiger partial charge in [0.05, 0.1) is 16.1 Å². The summed E-state index contributed by atoms with van der Waals surface area (Å²) in [6.45, 7) is 1.97. The summed E-state index contributed by atoms with van der Waals surface area (Å²) in [5.41, 5.74) is 2.30. The molecule has 1 aliphatic carbocycles. The summed E-state index contributed by atoms with van der Waals surface area (Å²) in [6.07, 6.45) is 1.70. The summed E-state index contributed by atoms with van der Waals surface area (Å²) in [7, 11) is 0. The molecule has 0 aliphatic heterocycles. The molecular formula is C17H15Cl2NO. The van der Waals surface area contributed by atoms with E-state index in [1.54, 1.807) is 0 Å². The predicted molar refractivity (Wildman–Crippen MR) is 87.2 cm³/mol. The molecule has 1 amide bonds. The van der Waals surface area contributed by atoms with E-state index in [0.717, 1.165) is 24.0 Å². The Kier molecular flexibility index (Phi) is 3.68. The highest BCUT2D eigenvalue weighted by Gasteiger charge is 2.51. The van der Waals surface area contributed by atoms with Crippen molar-refractivity contribution in [2.75, 3.05) is 5.32 Å². The molecular weight excluding hydrogens is 305 g/mol. The van der Waals surface area contributed by atoms with Crippen LogP contribution in [0.2, 0.25) is 10.0 Å². The van der Waals surface area contributed by atoms with Gasteiger partial charge in [-0.25, -0.2) is 0 Å². The Morgan fingerprint density at radius 2 is 1.76 bits per heavy atom. The highest BCUT2D eigenvalue weighted by atomic mass is 35.5. The van der Waals surface area contributed by atoms with Gasteiger partial charge in [0.2, 0.25) is 5.91 Å². The van der Waals surface area contributed by atoms with Crippen LogP contribution in [-0.4, -0.2) is 5.91 Å². The van der Waals surface area contributed by atoms with Crippen LogP contribution in [0.4, 0.5) is 5.69 Å². The first-order valence-corrected chi connectivity index (χ1v) is 7.60. The Morgan fingerprint density at radius 3 is 2.33 bits per heavy atom. The zero-order valence-electron chi connectivity index (χ0n) is 11.6. The molecule has 1 aliphatic rings. The minimum absolute atomic E-state index is 0.00410. The fourth-order valence-electron chi connectivity index (χ4n) is 2.50. The molecule has 0 atom stereocenters. The van der Waals surface area contributed by atoms with Crippen LogP contribution in [0.3, 0.4) is 0 Å². The van der Waals surface area contributed by atoms with E-state index in [1.807, 2.05) is 49.4 Å². The van der Waals surface area contributed by atoms with Crippen LogP contribution in [0, 0.1) is 6.92 Å². The number of anilines is 1. The SMILES string of the molecule is Cc1ccc(NC(=O)C2(c3ccc(Cl)cc3)CC2)c(Cl)c1. The Morgan fingerprint density at radius 1 is 1.10 bits per heavy atom. The molecule has 2 aromatic rings. The van der Waals surface area contributed by atoms with Crippen LogP contribution in [-0.2, 0) is 10.2 Å². The Balaban J connectivity index is 1.83. The molecule has 1 saturated carbocycles. The van der Waals surface area contributed by atoms with Gasteiger partial charge in [-0.1, -0.05) is 41.4 Å². The molecule has 2 aromatic carbocycles. The molecule has 1 fully saturated rings. The summed E-state index contributed by atoms with van der Waals surface area (Å²) in [5.74, 6) is -0.00410. The molecule has 0 heterocycles. The number of aryl methyl sites for hydroxylation is 1. The maximum Gasteiger partial charge on any atom is 0.235 e. The van der Waals surface area contributed by atoms with E-state index in [2.05, 4.69) is 5.32 Å². The van der Waals surface area contributed by atoms with E-state index in [9.17, 15) is 4.79 Å². The Labute approximate surface area is 134 Å². The van der Waals surface area contributed by atoms with Gasteiger partial charge in [-0.2, -0.15) is 0 Å². The van der Waals surface area contributed by atoms with E-state index in [-0.39, 0.29) is 5.91 Å². The zero-order valence-corrected chi connectivity index (χ0v) is 13.1. The van der Waals surface area contributed by atoms with Crippen molar-refractivity contribution in [2.45, 2.75) is 25.2 Å². The topological polar surface area (TPSA) is 29.1 Å². The quantitative estimate of drug-likeness (QED) is 0.850. The molecule has 2 nitrogen and oxygen atoms in total. The van der Waals surface area contributed by atoms with Crippen molar-refractivity contribution in [3.05, 3.63) is 63.6 Å². The second-order valence-corrected chi connectivity index (χ2v) is 6.37. The van der Waals surface area contributed by atoms with Crippen molar-refractivity contribution in [3.63, 3.8) is 0 Å². The third kappa shape index (κ3) is 2.78. The summed E-state index contributed by atoms with van der Waals surface area (Å²) < 4.78 is 0. The summed E-state index contributed by atoms with van der Waals surface area (Å²) in [4.78, 5) is 12.6. The molecule has 21 heavy (non-hydrogen) atoms. The van der Waals surface area contributed by atoms with Gasteiger partial charge in [0, 0.05) is 5.02 Å². The van der Waals surface area contributed by atoms with Crippen molar-refractivity contribution >= 4 is 34.8 Å². The van der Waals surface area contributed by atoms with Crippen molar-refractivity contribution < 1.29 is 4.79 Å². The van der Waals surface area contributed by atoms with Gasteiger partial charge < -0.3 is 5.32 Å². The number of amides is 1. The number of rotatable bonds is 3. The Hall–Kier alpha value is -1.51. The fourth-order valence-corrected chi connectivity index (χ4v) is 2.91. The molecule has 108 valence electrons. The first-order chi connectivity index (χ1) is 10.0. The average molecular weight is 320 g/mol. The van der Waals surface area contributed by atoms with E-state index < -0.39 is 5.41 Å². The summed E-state index contributed by atoms with van der Waals surface area (Å²) >= 11 is 12.1. The van der Waals surface area contributed by atoms with Crippen LogP contribution in [0.25, 0.3) is 0 Å². The van der Waals surface area contributed by atoms with Crippen LogP contribution in [0.15, 0.2) is 42.5 Å². The number of carbonyl (C=O) groups excluding carboxylic acids is 1. The minimum Gasteiger partial charge on any atom is -0.324 e. The van der Waals surface area contributed by atoms with Crippen molar-refractivity contribution in [2.24, 2.45) is 0 Å². The first kappa shape index (κ1) is 14.4. The van der Waals surface area contributed by atoms with Crippen LogP contribution in [0.5, 0.6) is 0 Å². The maximum atomic E-state index is 12.6. The second kappa shape index (κ2) is 5.36. The highest BCUT2D eigenvalue weighted by Crippen LogP contribution is 2.49. The molecule has 0 spiro atoms. The van der Waals surface area contributed by atoms with Crippen molar-refractivity contribution in [1.82, 2.24) is 0 Å². The molecule has 0 radical (unpaired) electrons. The lowest BCUT2D eigenvalue weighted by molar-refractivity contribution is -0.118. The van der Waals surface area contributed by atoms with Gasteiger partial charge in [0.25, 0.3) is 0 Å². The number of hydrogen-bond acceptors (Lipinski definition) is 1. The Bertz CT molecular complexity index is 690. The predicted octanol–water partition coefficient (Wildman–Crippen LogP) is 4.97. The van der Waals surface area contributed by atoms with E-state index in [1.165, 1.54) is 0 Å². The highest BCUT2D eigenvalue weighted by molar-refractivity contribution is 6.34. The van der Waals surface area contributed by atoms with Gasteiger partial charge in [0.15, 0.2) is 0 Å². The number of hydrogen-bond donors (Lipinski definition) is 1. The average Bonchev–Trinajstić information content (AvgIpc) is 3.24. The van der Waals surface area contributed by atoms with Crippen LogP contribution < -0.4 is 5.32 Å². The normalized spacial score (nSPS) is 15.6. The number of benzene rings is 2. The molecule has 0 aromatic heterocycles. The lowest BCUT2D eigenvalue weighted by Crippen LogP contribution is -2.27. The van der Waals surface area contributed by atoms with Gasteiger partial charge in [-0.3, -0.25) is 4.79 Å². The third-order valence-electron chi connectivity index (χ3n) is 3.95. The van der Waals surface area contributed by atoms with Crippen molar-refractivity contribution in [1.29, 1.82) is 0 Å². The summed E-state index contributed by atoms with van der Waals surface area (Å²) in [6, 6.07) is 13.1. The largest absolute Gasteiger partial charge is 0.324 e. The first-order valence-electron chi connectivity index (χ1n) is 6.85. The maximum absolute atomic E-state index is 12.6. The smallest absolute Gasteiger partial charge is 0.235 e. The molecule has 0 unspecified atom stereocenters. The molecule has 4 heteroatoms. The lowest BCUT2D eigenvalue weighted by Gasteiger charge is -2.16. The molecule has 1 N–H and O–H groups in total. The van der Waals surface area contributed by atoms with Gasteiger partial charge in [-0.15, -0.1) is 0 Å². The van der Waals surface area contributed by atoms with E-state index in [4.69, 9.17) is 23.2 Å². The molecule has 3 rings (SSSR count). The van der Waals surface area contributed by atoms with Crippen LogP contribution in [0.1, 0.15) is 24.0 Å². The van der Waals surface area contributed by atoms with Gasteiger partial charge in [0.1, 0.15) is 0 Å². The zero-order chi connectivity index (χ0) is 15.0. The fraction of sp³-hybridized carbons (Fsp3) is 0.235. The van der Waals surface area contributed by atoms with Crippen LogP contribution >= 0.6 is 23.2 Å². The lowest BCUT2D eigenvalue weighted by atomic mass is 9.95. The van der Waals surface area contributed by atoms with E-state index in [0.29, 0.717) is 15.7 Å². The standard InChI is InChI=1S/C17H15Cl2NO/c1-11-2-7-15(14(19)10-11)20-16(21)17(8-9-17)12-3-5-13(18)6-4-12/h2-7,10H,8-9H2,1H3,(H,20,21). The van der Waals surface area contributed by atoms with E-state index >= 15 is 0 Å². The van der Waals surface area contributed by atoms with Gasteiger partial charge >= 0.3 is 0 Å². The minimum atomic E-state index is -0.432. The number of carbonyl (C=O) groups is 1. The third-order valence-corrected chi connectivity index (χ3v) is 4.52. The van der Waals surface area contributed by atoms with Crippen molar-refractivity contribution in [3.8, 4) is 0 Å². The number of halogens is 2. The number of nitrogens with one attached hydrogen (secondary N) is 1.